The van der Waals surface area contributed by atoms with E-state index in [0.717, 1.165) is 32.4 Å². The number of ether oxygens (including phenoxy) is 1. The van der Waals surface area contributed by atoms with Gasteiger partial charge in [0.05, 0.1) is 15.9 Å². The summed E-state index contributed by atoms with van der Waals surface area (Å²) in [5, 5.41) is 1.99. The number of hydrogen-bond donors (Lipinski definition) is 1. The number of fused-ring (bicyclic) bond motifs is 3. The van der Waals surface area contributed by atoms with E-state index in [4.69, 9.17) is 27.1 Å². The summed E-state index contributed by atoms with van der Waals surface area (Å²) in [5.74, 6) is -0.129. The highest BCUT2D eigenvalue weighted by atomic mass is 35.5. The fourth-order valence-corrected chi connectivity index (χ4v) is 8.41. The lowest BCUT2D eigenvalue weighted by Gasteiger charge is -2.35. The molecule has 0 aliphatic carbocycles. The summed E-state index contributed by atoms with van der Waals surface area (Å²) in [6, 6.07) is 7.19. The molecule has 4 saturated heterocycles. The first-order chi connectivity index (χ1) is 24.1. The first kappa shape index (κ1) is 33.0. The van der Waals surface area contributed by atoms with Crippen LogP contribution in [0, 0.1) is 5.82 Å². The number of amides is 1. The van der Waals surface area contributed by atoms with Gasteiger partial charge in [-0.3, -0.25) is 19.6 Å². The Kier molecular flexibility index (Phi) is 8.47. The van der Waals surface area contributed by atoms with E-state index in [1.165, 1.54) is 6.20 Å². The first-order valence-electron chi connectivity index (χ1n) is 17.2. The summed E-state index contributed by atoms with van der Waals surface area (Å²) >= 11 is 6.59. The van der Waals surface area contributed by atoms with Gasteiger partial charge in [0.25, 0.3) is 0 Å². The van der Waals surface area contributed by atoms with Gasteiger partial charge >= 0.3 is 6.01 Å². The molecule has 0 spiro atoms. The number of benzene rings is 1. The van der Waals surface area contributed by atoms with Gasteiger partial charge in [0.1, 0.15) is 41.3 Å². The maximum absolute atomic E-state index is 16.9. The molecule has 4 fully saturated rings. The van der Waals surface area contributed by atoms with Crippen molar-refractivity contribution in [3.63, 3.8) is 0 Å². The van der Waals surface area contributed by atoms with E-state index < -0.39 is 17.5 Å². The number of carbonyl (C=O) groups excluding carboxylic acids is 1. The Labute approximate surface area is 294 Å². The zero-order valence-corrected chi connectivity index (χ0v) is 28.9. The SMILES string of the molecule is CN1CC[C@H]1/C=C/C(=O)N1CC[C@@H](N(C)c2nc(OC[C@@]34CCCN3C[C@H](F)C4)nc3c(F)c(-c4nc(N)cc5cccc(Cl)c45)ncc23)C1. The van der Waals surface area contributed by atoms with Crippen molar-refractivity contribution in [3.8, 4) is 17.4 Å². The molecular weight excluding hydrogens is 664 g/mol. The van der Waals surface area contributed by atoms with Crippen LogP contribution in [0.5, 0.6) is 6.01 Å². The second-order valence-corrected chi connectivity index (χ2v) is 14.6. The van der Waals surface area contributed by atoms with E-state index >= 15 is 4.39 Å². The second kappa shape index (κ2) is 12.8. The van der Waals surface area contributed by atoms with Gasteiger partial charge in [-0.05, 0) is 56.8 Å². The number of likely N-dealkylation sites (tertiary alicyclic amines) is 2. The molecule has 0 saturated carbocycles. The van der Waals surface area contributed by atoms with Crippen molar-refractivity contribution in [2.75, 3.05) is 64.1 Å². The van der Waals surface area contributed by atoms with Gasteiger partial charge in [0, 0.05) is 69.4 Å². The molecule has 14 heteroatoms. The lowest BCUT2D eigenvalue weighted by Crippen LogP contribution is -2.43. The van der Waals surface area contributed by atoms with Crippen LogP contribution in [0.15, 0.2) is 42.6 Å². The minimum Gasteiger partial charge on any atom is -0.461 e. The van der Waals surface area contributed by atoms with Gasteiger partial charge in [-0.15, -0.1) is 0 Å². The van der Waals surface area contributed by atoms with Crippen molar-refractivity contribution in [3.05, 3.63) is 53.5 Å². The number of aromatic nitrogens is 4. The third kappa shape index (κ3) is 5.78. The minimum atomic E-state index is -0.922. The average molecular weight is 704 g/mol. The number of nitrogens with zero attached hydrogens (tertiary/aromatic N) is 8. The van der Waals surface area contributed by atoms with Crippen molar-refractivity contribution in [1.29, 1.82) is 0 Å². The van der Waals surface area contributed by atoms with Crippen molar-refractivity contribution < 1.29 is 18.3 Å². The predicted octanol–water partition coefficient (Wildman–Crippen LogP) is 4.87. The van der Waals surface area contributed by atoms with E-state index in [9.17, 15) is 9.18 Å². The summed E-state index contributed by atoms with van der Waals surface area (Å²) in [4.78, 5) is 39.6. The Hall–Kier alpha value is -4.20. The zero-order chi connectivity index (χ0) is 34.7. The molecule has 8 rings (SSSR count). The van der Waals surface area contributed by atoms with Crippen LogP contribution in [0.1, 0.15) is 32.1 Å². The van der Waals surface area contributed by atoms with E-state index in [2.05, 4.69) is 24.8 Å². The van der Waals surface area contributed by atoms with Gasteiger partial charge in [-0.1, -0.05) is 29.8 Å². The lowest BCUT2D eigenvalue weighted by molar-refractivity contribution is -0.125. The highest BCUT2D eigenvalue weighted by Crippen LogP contribution is 2.41. The van der Waals surface area contributed by atoms with Crippen LogP contribution in [0.25, 0.3) is 33.1 Å². The number of nitrogen functional groups attached to an aromatic ring is 1. The molecule has 4 atom stereocenters. The predicted molar refractivity (Wildman–Crippen MR) is 190 cm³/mol. The molecule has 0 radical (unpaired) electrons. The molecule has 262 valence electrons. The van der Waals surface area contributed by atoms with E-state index in [-0.39, 0.29) is 47.3 Å². The second-order valence-electron chi connectivity index (χ2n) is 14.1. The van der Waals surface area contributed by atoms with Crippen LogP contribution in [0.4, 0.5) is 20.4 Å². The van der Waals surface area contributed by atoms with Gasteiger partial charge in [0.2, 0.25) is 5.91 Å². The number of pyridine rings is 2. The Morgan fingerprint density at radius 2 is 2.04 bits per heavy atom. The molecule has 0 bridgehead atoms. The lowest BCUT2D eigenvalue weighted by atomic mass is 9.95. The quantitative estimate of drug-likeness (QED) is 0.255. The Morgan fingerprint density at radius 1 is 1.18 bits per heavy atom. The number of halogens is 3. The topological polar surface area (TPSA) is 117 Å². The maximum atomic E-state index is 16.9. The number of nitrogens with two attached hydrogens (primary N) is 1. The Balaban J connectivity index is 1.16. The van der Waals surface area contributed by atoms with Crippen LogP contribution < -0.4 is 15.4 Å². The van der Waals surface area contributed by atoms with E-state index in [0.29, 0.717) is 65.5 Å². The van der Waals surface area contributed by atoms with E-state index in [1.54, 1.807) is 24.3 Å². The summed E-state index contributed by atoms with van der Waals surface area (Å²) < 4.78 is 37.7. The largest absolute Gasteiger partial charge is 0.461 e. The van der Waals surface area contributed by atoms with Crippen LogP contribution >= 0.6 is 11.6 Å². The summed E-state index contributed by atoms with van der Waals surface area (Å²) in [6.45, 7) is 3.47. The average Bonchev–Trinajstić information content (AvgIpc) is 3.81. The molecule has 50 heavy (non-hydrogen) atoms. The molecule has 1 aromatic carbocycles. The summed E-state index contributed by atoms with van der Waals surface area (Å²) in [5.41, 5.74) is 5.85. The molecule has 4 aromatic rings. The molecule has 11 nitrogen and oxygen atoms in total. The molecule has 2 N–H and O–H groups in total. The molecule has 7 heterocycles. The van der Waals surface area contributed by atoms with Gasteiger partial charge in [-0.2, -0.15) is 9.97 Å². The summed E-state index contributed by atoms with van der Waals surface area (Å²) in [6.07, 6.45) is 8.15. The van der Waals surface area contributed by atoms with Crippen LogP contribution in [-0.2, 0) is 4.79 Å². The molecule has 3 aromatic heterocycles. The Morgan fingerprint density at radius 3 is 2.84 bits per heavy atom. The number of rotatable bonds is 8. The molecule has 4 aliphatic heterocycles. The monoisotopic (exact) mass is 703 g/mol. The highest BCUT2D eigenvalue weighted by Gasteiger charge is 2.49. The minimum absolute atomic E-state index is 0.000303. The standard InChI is InChI=1S/C36H40ClF2N9O2/c1-45-13-9-23(45)7-8-28(49)47-14-10-24(19-47)46(2)34-25-17-41-33(32-29-21(15-27(40)42-32)5-3-6-26(29)37)30(39)31(25)43-35(44-34)50-20-36-11-4-12-48(36)18-22(38)16-36/h3,5-8,15,17,22-24H,4,9-14,16,18-20H2,1-2H3,(H2,40,42)/b8-7+/t22-,23-,24-,36+/m1/s1. The van der Waals surface area contributed by atoms with Gasteiger partial charge in [0.15, 0.2) is 5.82 Å². The number of carbonyl (C=O) groups is 1. The molecule has 4 aliphatic rings. The smallest absolute Gasteiger partial charge is 0.319 e. The van der Waals surface area contributed by atoms with E-state index in [1.807, 2.05) is 36.0 Å². The van der Waals surface area contributed by atoms with Crippen molar-refractivity contribution in [2.24, 2.45) is 0 Å². The van der Waals surface area contributed by atoms with Gasteiger partial charge < -0.3 is 20.3 Å². The number of anilines is 2. The first-order valence-corrected chi connectivity index (χ1v) is 17.6. The number of alkyl halides is 1. The normalized spacial score (nSPS) is 25.5. The molecule has 0 unspecified atom stereocenters. The van der Waals surface area contributed by atoms with Crippen LogP contribution in [0.3, 0.4) is 0 Å². The highest BCUT2D eigenvalue weighted by molar-refractivity contribution is 6.36. The molecule has 1 amide bonds. The van der Waals surface area contributed by atoms with Crippen molar-refractivity contribution in [2.45, 2.75) is 55.9 Å². The Bertz CT molecular complexity index is 2020. The molecular formula is C36H40ClF2N9O2. The van der Waals surface area contributed by atoms with Crippen LogP contribution in [0.2, 0.25) is 5.02 Å². The fraction of sp³-hybridized carbons (Fsp3) is 0.472. The van der Waals surface area contributed by atoms with Crippen molar-refractivity contribution >= 4 is 50.8 Å². The summed E-state index contributed by atoms with van der Waals surface area (Å²) in [7, 11) is 3.93. The van der Waals surface area contributed by atoms with Gasteiger partial charge in [-0.25, -0.2) is 13.8 Å². The third-order valence-electron chi connectivity index (χ3n) is 11.1. The van der Waals surface area contributed by atoms with Crippen LogP contribution in [-0.4, -0.2) is 118 Å². The fourth-order valence-electron chi connectivity index (χ4n) is 8.14. The number of likely N-dealkylation sites (N-methyl/N-ethyl adjacent to an activating group) is 2. The zero-order valence-electron chi connectivity index (χ0n) is 28.2. The number of hydrogen-bond acceptors (Lipinski definition) is 10. The maximum Gasteiger partial charge on any atom is 0.319 e. The van der Waals surface area contributed by atoms with Crippen molar-refractivity contribution in [1.82, 2.24) is 34.6 Å². The third-order valence-corrected chi connectivity index (χ3v) is 11.4.